The second-order valence-corrected chi connectivity index (χ2v) is 8.96. The van der Waals surface area contributed by atoms with Crippen LogP contribution in [0.25, 0.3) is 10.4 Å². The van der Waals surface area contributed by atoms with Crippen molar-refractivity contribution in [1.29, 1.82) is 0 Å². The number of methoxy groups -OCH3 is 1. The third-order valence-electron chi connectivity index (χ3n) is 6.10. The fourth-order valence-corrected chi connectivity index (χ4v) is 5.14. The third kappa shape index (κ3) is 4.35. The predicted octanol–water partition coefficient (Wildman–Crippen LogP) is 3.91. The molecule has 4 rings (SSSR count). The van der Waals surface area contributed by atoms with Crippen LogP contribution in [-0.2, 0) is 22.4 Å². The zero-order valence-corrected chi connectivity index (χ0v) is 18.4. The molecular weight excluding hydrogens is 408 g/mol. The van der Waals surface area contributed by atoms with Crippen molar-refractivity contribution >= 4 is 23.2 Å². The number of nitrogens with zero attached hydrogens (tertiary/aromatic N) is 1. The van der Waals surface area contributed by atoms with Crippen LogP contribution >= 0.6 is 11.3 Å². The monoisotopic (exact) mass is 434 g/mol. The summed E-state index contributed by atoms with van der Waals surface area (Å²) in [5.74, 6) is 0.335. The molecule has 5 nitrogen and oxygen atoms in total. The molecule has 1 aliphatic heterocycles. The largest absolute Gasteiger partial charge is 0.496 e. The summed E-state index contributed by atoms with van der Waals surface area (Å²) in [7, 11) is 1.60. The maximum Gasteiger partial charge on any atom is 0.227 e. The first-order valence-corrected chi connectivity index (χ1v) is 11.2. The molecule has 0 aliphatic carbocycles. The Bertz CT molecular complexity index is 1080. The van der Waals surface area contributed by atoms with Gasteiger partial charge >= 0.3 is 0 Å². The molecule has 2 aromatic carbocycles. The Morgan fingerprint density at radius 1 is 1.06 bits per heavy atom. The quantitative estimate of drug-likeness (QED) is 0.613. The van der Waals surface area contributed by atoms with Crippen molar-refractivity contribution in [1.82, 2.24) is 4.90 Å². The van der Waals surface area contributed by atoms with Gasteiger partial charge in [0.05, 0.1) is 18.9 Å². The van der Waals surface area contributed by atoms with Gasteiger partial charge in [-0.05, 0) is 41.5 Å². The van der Waals surface area contributed by atoms with E-state index in [4.69, 9.17) is 10.5 Å². The topological polar surface area (TPSA) is 72.6 Å². The number of primary amides is 1. The van der Waals surface area contributed by atoms with Crippen molar-refractivity contribution in [3.63, 3.8) is 0 Å². The first kappa shape index (κ1) is 21.1. The molecular formula is C25H26N2O3S. The lowest BCUT2D eigenvalue weighted by Crippen LogP contribution is -2.42. The molecule has 1 fully saturated rings. The van der Waals surface area contributed by atoms with E-state index in [2.05, 4.69) is 18.2 Å². The number of nitrogens with two attached hydrogens (primary N) is 1. The minimum absolute atomic E-state index is 0.0147. The molecule has 160 valence electrons. The number of para-hydroxylation sites is 1. The van der Waals surface area contributed by atoms with Crippen LogP contribution in [-0.4, -0.2) is 36.9 Å². The van der Waals surface area contributed by atoms with Crippen LogP contribution in [0.5, 0.6) is 5.75 Å². The van der Waals surface area contributed by atoms with Gasteiger partial charge in [-0.25, -0.2) is 0 Å². The molecule has 1 unspecified atom stereocenters. The van der Waals surface area contributed by atoms with E-state index in [-0.39, 0.29) is 18.2 Å². The second-order valence-electron chi connectivity index (χ2n) is 8.01. The molecule has 2 heterocycles. The van der Waals surface area contributed by atoms with Gasteiger partial charge in [0.1, 0.15) is 5.75 Å². The van der Waals surface area contributed by atoms with Gasteiger partial charge in [0.15, 0.2) is 0 Å². The molecule has 31 heavy (non-hydrogen) atoms. The molecule has 2 amide bonds. The Morgan fingerprint density at radius 3 is 2.52 bits per heavy atom. The highest BCUT2D eigenvalue weighted by Crippen LogP contribution is 2.38. The van der Waals surface area contributed by atoms with Gasteiger partial charge in [-0.2, -0.15) is 0 Å². The van der Waals surface area contributed by atoms with E-state index in [1.165, 1.54) is 0 Å². The predicted molar refractivity (Wildman–Crippen MR) is 123 cm³/mol. The summed E-state index contributed by atoms with van der Waals surface area (Å²) < 4.78 is 5.37. The summed E-state index contributed by atoms with van der Waals surface area (Å²) in [4.78, 5) is 28.6. The number of likely N-dealkylation sites (tertiary alicyclic amines) is 1. The van der Waals surface area contributed by atoms with Crippen LogP contribution in [0.2, 0.25) is 0 Å². The number of thiophene rings is 1. The molecule has 0 spiro atoms. The van der Waals surface area contributed by atoms with Gasteiger partial charge in [-0.1, -0.05) is 48.5 Å². The van der Waals surface area contributed by atoms with Crippen LogP contribution in [0.1, 0.15) is 17.5 Å². The Labute approximate surface area is 186 Å². The Hall–Kier alpha value is -3.12. The molecule has 1 aliphatic rings. The van der Waals surface area contributed by atoms with Gasteiger partial charge in [0.25, 0.3) is 0 Å². The fraction of sp³-hybridized carbons (Fsp3) is 0.280. The van der Waals surface area contributed by atoms with Crippen LogP contribution in [0, 0.1) is 5.41 Å². The zero-order valence-electron chi connectivity index (χ0n) is 17.5. The van der Waals surface area contributed by atoms with E-state index < -0.39 is 5.41 Å². The molecule has 1 aromatic heterocycles. The van der Waals surface area contributed by atoms with E-state index in [9.17, 15) is 9.59 Å². The van der Waals surface area contributed by atoms with Crippen LogP contribution in [0.3, 0.4) is 0 Å². The van der Waals surface area contributed by atoms with Crippen LogP contribution in [0.4, 0.5) is 0 Å². The molecule has 6 heteroatoms. The maximum absolute atomic E-state index is 13.0. The van der Waals surface area contributed by atoms with Crippen molar-refractivity contribution in [3.05, 3.63) is 77.2 Å². The standard InChI is InChI=1S/C25H26N2O3S/c1-30-21-10-5-3-7-18(21)15-23(28)27-13-12-25(17-27,24(26)29)16-19-8-2-4-9-20(19)22-11-6-14-31-22/h2-11,14H,12-13,15-17H2,1H3,(H2,26,29). The number of benzene rings is 2. The number of amides is 2. The van der Waals surface area contributed by atoms with E-state index in [1.807, 2.05) is 47.8 Å². The van der Waals surface area contributed by atoms with Gasteiger partial charge in [-0.15, -0.1) is 11.3 Å². The first-order valence-electron chi connectivity index (χ1n) is 10.3. The molecule has 0 radical (unpaired) electrons. The number of hydrogen-bond acceptors (Lipinski definition) is 4. The molecule has 2 N–H and O–H groups in total. The summed E-state index contributed by atoms with van der Waals surface area (Å²) >= 11 is 1.67. The molecule has 0 bridgehead atoms. The maximum atomic E-state index is 13.0. The van der Waals surface area contributed by atoms with Crippen molar-refractivity contribution in [2.24, 2.45) is 11.1 Å². The first-order chi connectivity index (χ1) is 15.0. The lowest BCUT2D eigenvalue weighted by Gasteiger charge is -2.27. The highest BCUT2D eigenvalue weighted by Gasteiger charge is 2.45. The third-order valence-corrected chi connectivity index (χ3v) is 7.00. The zero-order chi connectivity index (χ0) is 21.8. The van der Waals surface area contributed by atoms with Gasteiger partial charge in [0.2, 0.25) is 11.8 Å². The minimum Gasteiger partial charge on any atom is -0.496 e. The SMILES string of the molecule is COc1ccccc1CC(=O)N1CCC(Cc2ccccc2-c2cccs2)(C(N)=O)C1. The summed E-state index contributed by atoms with van der Waals surface area (Å²) in [6.45, 7) is 0.868. The smallest absolute Gasteiger partial charge is 0.227 e. The minimum atomic E-state index is -0.760. The fourth-order valence-electron chi connectivity index (χ4n) is 4.35. The number of carbonyl (C=O) groups is 2. The summed E-state index contributed by atoms with van der Waals surface area (Å²) in [5, 5.41) is 2.05. The summed E-state index contributed by atoms with van der Waals surface area (Å²) in [6, 6.07) is 19.7. The lowest BCUT2D eigenvalue weighted by molar-refractivity contribution is -0.131. The number of carbonyl (C=O) groups excluding carboxylic acids is 2. The van der Waals surface area contributed by atoms with E-state index in [0.29, 0.717) is 31.7 Å². The highest BCUT2D eigenvalue weighted by molar-refractivity contribution is 7.13. The Balaban J connectivity index is 1.54. The van der Waals surface area contributed by atoms with E-state index in [0.717, 1.165) is 21.6 Å². The van der Waals surface area contributed by atoms with Gasteiger partial charge in [-0.3, -0.25) is 9.59 Å². The van der Waals surface area contributed by atoms with E-state index in [1.54, 1.807) is 23.3 Å². The highest BCUT2D eigenvalue weighted by atomic mass is 32.1. The second kappa shape index (κ2) is 8.94. The average molecular weight is 435 g/mol. The van der Waals surface area contributed by atoms with Gasteiger partial charge in [0, 0.05) is 23.5 Å². The van der Waals surface area contributed by atoms with Crippen molar-refractivity contribution in [2.75, 3.05) is 20.2 Å². The molecule has 1 atom stereocenters. The number of ether oxygens (including phenoxy) is 1. The Morgan fingerprint density at radius 2 is 1.81 bits per heavy atom. The lowest BCUT2D eigenvalue weighted by atomic mass is 9.79. The van der Waals surface area contributed by atoms with E-state index >= 15 is 0 Å². The number of hydrogen-bond donors (Lipinski definition) is 1. The summed E-state index contributed by atoms with van der Waals surface area (Å²) in [5.41, 5.74) is 8.21. The molecule has 0 saturated carbocycles. The normalized spacial score (nSPS) is 18.2. The Kier molecular flexibility index (Phi) is 6.09. The van der Waals surface area contributed by atoms with Crippen molar-refractivity contribution in [3.8, 4) is 16.2 Å². The molecule has 3 aromatic rings. The van der Waals surface area contributed by atoms with Gasteiger partial charge < -0.3 is 15.4 Å². The van der Waals surface area contributed by atoms with Crippen molar-refractivity contribution in [2.45, 2.75) is 19.3 Å². The van der Waals surface area contributed by atoms with Crippen LogP contribution < -0.4 is 10.5 Å². The van der Waals surface area contributed by atoms with Crippen molar-refractivity contribution < 1.29 is 14.3 Å². The summed E-state index contributed by atoms with van der Waals surface area (Å²) in [6.07, 6.45) is 1.33. The number of rotatable bonds is 7. The molecule has 1 saturated heterocycles. The van der Waals surface area contributed by atoms with Crippen LogP contribution in [0.15, 0.2) is 66.0 Å². The average Bonchev–Trinajstić information content (AvgIpc) is 3.46.